The average molecular weight is 586 g/mol. The molecule has 4 aromatic heterocycles. The van der Waals surface area contributed by atoms with E-state index in [0.29, 0.717) is 18.9 Å². The Labute approximate surface area is 257 Å². The summed E-state index contributed by atoms with van der Waals surface area (Å²) in [5.41, 5.74) is 5.34. The second-order valence-corrected chi connectivity index (χ2v) is 10.6. The van der Waals surface area contributed by atoms with Crippen LogP contribution in [0.4, 0.5) is 17.5 Å². The van der Waals surface area contributed by atoms with E-state index >= 15 is 0 Å². The van der Waals surface area contributed by atoms with E-state index in [4.69, 9.17) is 19.4 Å². The van der Waals surface area contributed by atoms with Crippen molar-refractivity contribution in [1.82, 2.24) is 24.7 Å². The second-order valence-electron chi connectivity index (χ2n) is 10.6. The lowest BCUT2D eigenvalue weighted by Gasteiger charge is -2.26. The summed E-state index contributed by atoms with van der Waals surface area (Å²) in [7, 11) is 5.25. The highest BCUT2D eigenvalue weighted by molar-refractivity contribution is 5.96. The third-order valence-corrected chi connectivity index (χ3v) is 7.60. The van der Waals surface area contributed by atoms with Crippen LogP contribution in [0.25, 0.3) is 22.0 Å². The van der Waals surface area contributed by atoms with Crippen molar-refractivity contribution in [2.75, 3.05) is 24.4 Å². The van der Waals surface area contributed by atoms with Gasteiger partial charge in [-0.25, -0.2) is 9.97 Å². The molecule has 1 N–H and O–H groups in total. The van der Waals surface area contributed by atoms with Gasteiger partial charge in [0.05, 0.1) is 19.9 Å². The Morgan fingerprint density at radius 3 is 2.09 bits per heavy atom. The quantitative estimate of drug-likeness (QED) is 0.175. The Bertz CT molecular complexity index is 1820. The molecule has 6 aromatic rings. The number of nitrogens with one attached hydrogen (secondary N) is 1. The summed E-state index contributed by atoms with van der Waals surface area (Å²) in [4.78, 5) is 16.8. The number of hydrogen-bond acceptors (Lipinski definition) is 8. The highest BCUT2D eigenvalue weighted by Gasteiger charge is 2.18. The highest BCUT2D eigenvalue weighted by Crippen LogP contribution is 2.34. The molecule has 0 radical (unpaired) electrons. The van der Waals surface area contributed by atoms with Crippen LogP contribution in [0, 0.1) is 0 Å². The number of pyridine rings is 3. The third kappa shape index (κ3) is 6.32. The Kier molecular flexibility index (Phi) is 8.36. The number of benzene rings is 2. The average Bonchev–Trinajstić information content (AvgIpc) is 3.48. The van der Waals surface area contributed by atoms with Crippen LogP contribution in [0.5, 0.6) is 11.5 Å². The van der Waals surface area contributed by atoms with Gasteiger partial charge in [0, 0.05) is 61.9 Å². The van der Waals surface area contributed by atoms with E-state index in [2.05, 4.69) is 69.7 Å². The van der Waals surface area contributed by atoms with Gasteiger partial charge in [-0.05, 0) is 71.0 Å². The van der Waals surface area contributed by atoms with Gasteiger partial charge in [0.1, 0.15) is 23.1 Å². The minimum Gasteiger partial charge on any atom is -0.497 e. The van der Waals surface area contributed by atoms with E-state index in [1.807, 2.05) is 62.2 Å². The van der Waals surface area contributed by atoms with Gasteiger partial charge in [-0.3, -0.25) is 9.67 Å². The van der Waals surface area contributed by atoms with Gasteiger partial charge in [0.15, 0.2) is 5.82 Å². The van der Waals surface area contributed by atoms with E-state index in [-0.39, 0.29) is 0 Å². The van der Waals surface area contributed by atoms with Crippen molar-refractivity contribution in [3.63, 3.8) is 0 Å². The number of aryl methyl sites for hydroxylation is 2. The SMILES string of the molecule is CCc1ccncc1-c1cc2cc(Nc3ccn(C)n3)ncc2c(N(Cc2ccc(OC)cc2)Cc2ccc(OC)cc2)n1. The number of hydrogen-bond donors (Lipinski definition) is 1. The van der Waals surface area contributed by atoms with Crippen molar-refractivity contribution in [2.24, 2.45) is 7.05 Å². The van der Waals surface area contributed by atoms with Crippen LogP contribution in [0.3, 0.4) is 0 Å². The van der Waals surface area contributed by atoms with Crippen molar-refractivity contribution in [2.45, 2.75) is 26.4 Å². The predicted octanol–water partition coefficient (Wildman–Crippen LogP) is 6.96. The maximum absolute atomic E-state index is 5.41. The number of nitrogens with zero attached hydrogens (tertiary/aromatic N) is 6. The number of methoxy groups -OCH3 is 2. The molecule has 0 fully saturated rings. The summed E-state index contributed by atoms with van der Waals surface area (Å²) in [6.45, 7) is 3.41. The Morgan fingerprint density at radius 1 is 0.818 bits per heavy atom. The lowest BCUT2D eigenvalue weighted by Crippen LogP contribution is -2.24. The second kappa shape index (κ2) is 12.8. The van der Waals surface area contributed by atoms with Crippen molar-refractivity contribution in [1.29, 1.82) is 0 Å². The molecule has 0 spiro atoms. The van der Waals surface area contributed by atoms with Gasteiger partial charge >= 0.3 is 0 Å². The number of anilines is 3. The summed E-state index contributed by atoms with van der Waals surface area (Å²) in [6, 6.07) is 24.5. The molecule has 0 amide bonds. The molecule has 222 valence electrons. The Morgan fingerprint density at radius 2 is 1.50 bits per heavy atom. The molecule has 0 unspecified atom stereocenters. The summed E-state index contributed by atoms with van der Waals surface area (Å²) >= 11 is 0. The Balaban J connectivity index is 1.50. The maximum atomic E-state index is 5.41. The lowest BCUT2D eigenvalue weighted by molar-refractivity contribution is 0.414. The first-order valence-electron chi connectivity index (χ1n) is 14.5. The number of rotatable bonds is 11. The van der Waals surface area contributed by atoms with Gasteiger partial charge in [-0.1, -0.05) is 31.2 Å². The highest BCUT2D eigenvalue weighted by atomic mass is 16.5. The molecule has 0 saturated heterocycles. The summed E-state index contributed by atoms with van der Waals surface area (Å²) in [5, 5.41) is 9.75. The molecule has 9 heteroatoms. The fourth-order valence-electron chi connectivity index (χ4n) is 5.26. The zero-order valence-electron chi connectivity index (χ0n) is 25.4. The molecule has 6 rings (SSSR count). The van der Waals surface area contributed by atoms with Crippen LogP contribution in [-0.2, 0) is 26.6 Å². The van der Waals surface area contributed by atoms with Crippen molar-refractivity contribution >= 4 is 28.2 Å². The smallest absolute Gasteiger partial charge is 0.153 e. The summed E-state index contributed by atoms with van der Waals surface area (Å²) < 4.78 is 12.6. The van der Waals surface area contributed by atoms with E-state index in [0.717, 1.165) is 62.7 Å². The van der Waals surface area contributed by atoms with E-state index in [1.165, 1.54) is 5.56 Å². The molecule has 0 atom stereocenters. The van der Waals surface area contributed by atoms with Gasteiger partial charge in [0.25, 0.3) is 0 Å². The summed E-state index contributed by atoms with van der Waals surface area (Å²) in [5.74, 6) is 3.92. The summed E-state index contributed by atoms with van der Waals surface area (Å²) in [6.07, 6.45) is 8.41. The van der Waals surface area contributed by atoms with Gasteiger partial charge in [-0.15, -0.1) is 0 Å². The molecular formula is C35H35N7O2. The fourth-order valence-corrected chi connectivity index (χ4v) is 5.26. The van der Waals surface area contributed by atoms with Crippen LogP contribution >= 0.6 is 0 Å². The van der Waals surface area contributed by atoms with Crippen molar-refractivity contribution < 1.29 is 9.47 Å². The van der Waals surface area contributed by atoms with E-state index in [1.54, 1.807) is 18.9 Å². The zero-order chi connectivity index (χ0) is 30.5. The molecule has 4 heterocycles. The monoisotopic (exact) mass is 585 g/mol. The molecule has 0 bridgehead atoms. The predicted molar refractivity (Wildman–Crippen MR) is 175 cm³/mol. The van der Waals surface area contributed by atoms with E-state index < -0.39 is 0 Å². The lowest BCUT2D eigenvalue weighted by atomic mass is 10.0. The number of aromatic nitrogens is 5. The van der Waals surface area contributed by atoms with Gasteiger partial charge in [-0.2, -0.15) is 5.10 Å². The molecule has 9 nitrogen and oxygen atoms in total. The minimum absolute atomic E-state index is 0.628. The number of fused-ring (bicyclic) bond motifs is 1. The fraction of sp³-hybridized carbons (Fsp3) is 0.200. The normalized spacial score (nSPS) is 11.0. The van der Waals surface area contributed by atoms with Crippen molar-refractivity contribution in [3.8, 4) is 22.8 Å². The van der Waals surface area contributed by atoms with Crippen LogP contribution in [0.1, 0.15) is 23.6 Å². The molecule has 0 aliphatic heterocycles. The largest absolute Gasteiger partial charge is 0.497 e. The van der Waals surface area contributed by atoms with Crippen molar-refractivity contribution in [3.05, 3.63) is 114 Å². The van der Waals surface area contributed by atoms with Crippen LogP contribution in [0.15, 0.2) is 97.6 Å². The first-order valence-corrected chi connectivity index (χ1v) is 14.5. The Hall–Kier alpha value is -5.44. The molecule has 0 aliphatic carbocycles. The first kappa shape index (κ1) is 28.7. The van der Waals surface area contributed by atoms with Crippen LogP contribution in [-0.4, -0.2) is 39.0 Å². The molecule has 2 aromatic carbocycles. The molecule has 0 aliphatic rings. The van der Waals surface area contributed by atoms with Gasteiger partial charge < -0.3 is 19.7 Å². The standard InChI is InChI=1S/C35H35N7O2/c1-5-26-14-16-36-20-30(26)32-18-27-19-34(39-33-15-17-41(2)40-33)37-21-31(27)35(38-32)42(22-24-6-10-28(43-3)11-7-24)23-25-8-12-29(44-4)13-9-25/h6-21H,5,22-23H2,1-4H3,(H,37,39,40). The topological polar surface area (TPSA) is 90.2 Å². The zero-order valence-corrected chi connectivity index (χ0v) is 25.4. The van der Waals surface area contributed by atoms with Gasteiger partial charge in [0.2, 0.25) is 0 Å². The van der Waals surface area contributed by atoms with E-state index in [9.17, 15) is 0 Å². The molecular weight excluding hydrogens is 550 g/mol. The first-order chi connectivity index (χ1) is 21.5. The minimum atomic E-state index is 0.628. The van der Waals surface area contributed by atoms with Crippen LogP contribution < -0.4 is 19.7 Å². The maximum Gasteiger partial charge on any atom is 0.153 e. The number of ether oxygens (including phenoxy) is 2. The molecule has 44 heavy (non-hydrogen) atoms. The third-order valence-electron chi connectivity index (χ3n) is 7.60. The molecule has 0 saturated carbocycles. The van der Waals surface area contributed by atoms with Crippen LogP contribution in [0.2, 0.25) is 0 Å².